The molecule has 0 unspecified atom stereocenters. The third-order valence-corrected chi connectivity index (χ3v) is 5.78. The normalized spacial score (nSPS) is 16.6. The molecule has 0 atom stereocenters. The van der Waals surface area contributed by atoms with E-state index in [4.69, 9.17) is 4.99 Å². The SMILES string of the molecule is CCNC(=NCCCN1CCC(O)CC1)N(C)Cc1ccc(Br)s1.I. The molecular weight excluding hydrogens is 515 g/mol. The highest BCUT2D eigenvalue weighted by Gasteiger charge is 2.16. The summed E-state index contributed by atoms with van der Waals surface area (Å²) < 4.78 is 1.17. The molecule has 1 aromatic rings. The maximum absolute atomic E-state index is 9.55. The van der Waals surface area contributed by atoms with Gasteiger partial charge in [-0.05, 0) is 60.8 Å². The number of rotatable bonds is 7. The lowest BCUT2D eigenvalue weighted by molar-refractivity contribution is 0.0824. The number of nitrogens with one attached hydrogen (secondary N) is 1. The lowest BCUT2D eigenvalue weighted by atomic mass is 10.1. The molecule has 1 aromatic heterocycles. The Morgan fingerprint density at radius 1 is 1.44 bits per heavy atom. The highest BCUT2D eigenvalue weighted by Crippen LogP contribution is 2.23. The first-order chi connectivity index (χ1) is 11.6. The molecule has 5 nitrogen and oxygen atoms in total. The van der Waals surface area contributed by atoms with Gasteiger partial charge in [-0.1, -0.05) is 0 Å². The quantitative estimate of drug-likeness (QED) is 0.239. The van der Waals surface area contributed by atoms with Gasteiger partial charge in [-0.3, -0.25) is 4.99 Å². The molecule has 2 N–H and O–H groups in total. The third-order valence-electron chi connectivity index (χ3n) is 4.17. The number of aliphatic hydroxyl groups is 1. The maximum atomic E-state index is 9.55. The number of likely N-dealkylation sites (tertiary alicyclic amines) is 1. The molecule has 1 aliphatic rings. The van der Waals surface area contributed by atoms with Crippen molar-refractivity contribution in [2.75, 3.05) is 39.8 Å². The Balaban J connectivity index is 0.00000312. The second-order valence-electron chi connectivity index (χ2n) is 6.22. The van der Waals surface area contributed by atoms with E-state index >= 15 is 0 Å². The van der Waals surface area contributed by atoms with Crippen molar-refractivity contribution in [2.24, 2.45) is 4.99 Å². The molecule has 2 heterocycles. The minimum absolute atomic E-state index is 0. The van der Waals surface area contributed by atoms with E-state index in [1.54, 1.807) is 11.3 Å². The average molecular weight is 545 g/mol. The Bertz CT molecular complexity index is 521. The van der Waals surface area contributed by atoms with Gasteiger partial charge in [-0.15, -0.1) is 35.3 Å². The van der Waals surface area contributed by atoms with Crippen LogP contribution in [0.15, 0.2) is 20.9 Å². The Labute approximate surface area is 181 Å². The Morgan fingerprint density at radius 2 is 2.16 bits per heavy atom. The Hall–Kier alpha value is 0.1000. The molecule has 8 heteroatoms. The summed E-state index contributed by atoms with van der Waals surface area (Å²) in [4.78, 5) is 10.7. The molecule has 1 aliphatic heterocycles. The highest BCUT2D eigenvalue weighted by molar-refractivity contribution is 14.0. The lowest BCUT2D eigenvalue weighted by Crippen LogP contribution is -2.39. The van der Waals surface area contributed by atoms with Crippen LogP contribution in [0.25, 0.3) is 0 Å². The van der Waals surface area contributed by atoms with E-state index in [1.807, 2.05) is 0 Å². The highest BCUT2D eigenvalue weighted by atomic mass is 127. The van der Waals surface area contributed by atoms with Crippen molar-refractivity contribution in [3.8, 4) is 0 Å². The van der Waals surface area contributed by atoms with Gasteiger partial charge < -0.3 is 20.2 Å². The largest absolute Gasteiger partial charge is 0.393 e. The van der Waals surface area contributed by atoms with E-state index in [0.29, 0.717) is 0 Å². The van der Waals surface area contributed by atoms with E-state index < -0.39 is 0 Å². The van der Waals surface area contributed by atoms with Crippen LogP contribution in [0.2, 0.25) is 0 Å². The van der Waals surface area contributed by atoms with Crippen molar-refractivity contribution in [3.63, 3.8) is 0 Å². The third kappa shape index (κ3) is 8.55. The molecule has 144 valence electrons. The zero-order chi connectivity index (χ0) is 17.4. The molecule has 1 fully saturated rings. The molecule has 0 amide bonds. The summed E-state index contributed by atoms with van der Waals surface area (Å²) in [7, 11) is 2.08. The second-order valence-corrected chi connectivity index (χ2v) is 8.77. The average Bonchev–Trinajstić information content (AvgIpc) is 2.97. The molecule has 0 saturated carbocycles. The predicted octanol–water partition coefficient (Wildman–Crippen LogP) is 3.37. The number of piperidine rings is 1. The zero-order valence-corrected chi connectivity index (χ0v) is 19.8. The van der Waals surface area contributed by atoms with Crippen LogP contribution in [0.1, 0.15) is 31.1 Å². The summed E-state index contributed by atoms with van der Waals surface area (Å²) >= 11 is 5.28. The summed E-state index contributed by atoms with van der Waals surface area (Å²) in [6, 6.07) is 4.24. The fourth-order valence-electron chi connectivity index (χ4n) is 2.84. The van der Waals surface area contributed by atoms with Gasteiger partial charge in [0.1, 0.15) is 0 Å². The Kier molecular flexibility index (Phi) is 11.6. The summed E-state index contributed by atoms with van der Waals surface area (Å²) in [6.45, 7) is 7.77. The molecular formula is C17H30BrIN4OS. The molecule has 25 heavy (non-hydrogen) atoms. The van der Waals surface area contributed by atoms with Gasteiger partial charge >= 0.3 is 0 Å². The van der Waals surface area contributed by atoms with Crippen molar-refractivity contribution in [2.45, 2.75) is 38.8 Å². The molecule has 1 saturated heterocycles. The van der Waals surface area contributed by atoms with Gasteiger partial charge in [0.05, 0.1) is 16.4 Å². The van der Waals surface area contributed by atoms with E-state index in [9.17, 15) is 5.11 Å². The second kappa shape index (κ2) is 12.5. The van der Waals surface area contributed by atoms with Crippen LogP contribution in [0, 0.1) is 0 Å². The molecule has 2 rings (SSSR count). The fraction of sp³-hybridized carbons (Fsp3) is 0.706. The number of hydrogen-bond donors (Lipinski definition) is 2. The monoisotopic (exact) mass is 544 g/mol. The van der Waals surface area contributed by atoms with Crippen molar-refractivity contribution >= 4 is 57.2 Å². The minimum Gasteiger partial charge on any atom is -0.393 e. The van der Waals surface area contributed by atoms with Gasteiger partial charge in [-0.25, -0.2) is 0 Å². The molecule has 0 radical (unpaired) electrons. The van der Waals surface area contributed by atoms with E-state index in [-0.39, 0.29) is 30.1 Å². The smallest absolute Gasteiger partial charge is 0.193 e. The van der Waals surface area contributed by atoms with Crippen LogP contribution in [0.5, 0.6) is 0 Å². The number of aliphatic imine (C=N–C) groups is 1. The van der Waals surface area contributed by atoms with Crippen LogP contribution in [0.3, 0.4) is 0 Å². The van der Waals surface area contributed by atoms with Gasteiger partial charge in [-0.2, -0.15) is 0 Å². The first-order valence-corrected chi connectivity index (χ1v) is 10.3. The molecule has 0 spiro atoms. The predicted molar refractivity (Wildman–Crippen MR) is 121 cm³/mol. The summed E-state index contributed by atoms with van der Waals surface area (Å²) in [5.74, 6) is 0.969. The molecule has 0 aliphatic carbocycles. The summed E-state index contributed by atoms with van der Waals surface area (Å²) in [6.07, 6.45) is 2.78. The van der Waals surface area contributed by atoms with Gasteiger partial charge in [0, 0.05) is 38.1 Å². The van der Waals surface area contributed by atoms with Crippen LogP contribution in [-0.4, -0.2) is 66.7 Å². The first-order valence-electron chi connectivity index (χ1n) is 8.72. The van der Waals surface area contributed by atoms with Crippen molar-refractivity contribution < 1.29 is 5.11 Å². The Morgan fingerprint density at radius 3 is 2.76 bits per heavy atom. The molecule has 0 bridgehead atoms. The number of aliphatic hydroxyl groups excluding tert-OH is 1. The number of thiophene rings is 1. The van der Waals surface area contributed by atoms with Gasteiger partial charge in [0.25, 0.3) is 0 Å². The fourth-order valence-corrected chi connectivity index (χ4v) is 4.37. The number of hydrogen-bond acceptors (Lipinski definition) is 4. The minimum atomic E-state index is -0.0921. The van der Waals surface area contributed by atoms with E-state index in [0.717, 1.165) is 64.5 Å². The van der Waals surface area contributed by atoms with Gasteiger partial charge in [0.2, 0.25) is 0 Å². The number of guanidine groups is 1. The zero-order valence-electron chi connectivity index (χ0n) is 15.1. The van der Waals surface area contributed by atoms with Crippen LogP contribution >= 0.6 is 51.2 Å². The van der Waals surface area contributed by atoms with Gasteiger partial charge in [0.15, 0.2) is 5.96 Å². The topological polar surface area (TPSA) is 51.1 Å². The van der Waals surface area contributed by atoms with Crippen LogP contribution < -0.4 is 5.32 Å². The summed E-state index contributed by atoms with van der Waals surface area (Å²) in [5.41, 5.74) is 0. The first kappa shape index (κ1) is 23.1. The lowest BCUT2D eigenvalue weighted by Gasteiger charge is -2.29. The van der Waals surface area contributed by atoms with Crippen LogP contribution in [0.4, 0.5) is 0 Å². The number of nitrogens with zero attached hydrogens (tertiary/aromatic N) is 3. The van der Waals surface area contributed by atoms with E-state index in [2.05, 4.69) is 57.2 Å². The van der Waals surface area contributed by atoms with Crippen molar-refractivity contribution in [1.29, 1.82) is 0 Å². The summed E-state index contributed by atoms with van der Waals surface area (Å²) in [5, 5.41) is 12.9. The van der Waals surface area contributed by atoms with E-state index in [1.165, 1.54) is 8.66 Å². The number of halogens is 2. The molecule has 0 aromatic carbocycles. The van der Waals surface area contributed by atoms with Crippen LogP contribution in [-0.2, 0) is 6.54 Å². The maximum Gasteiger partial charge on any atom is 0.193 e. The van der Waals surface area contributed by atoms with Crippen molar-refractivity contribution in [3.05, 3.63) is 20.8 Å². The van der Waals surface area contributed by atoms with Crippen molar-refractivity contribution in [1.82, 2.24) is 15.1 Å². The standard InChI is InChI=1S/C17H29BrN4OS.HI/c1-3-19-17(21(2)13-15-5-6-16(18)24-15)20-9-4-10-22-11-7-14(23)8-12-22;/h5-6,14,23H,3-4,7-13H2,1-2H3,(H,19,20);1H.